The van der Waals surface area contributed by atoms with Crippen LogP contribution in [0.3, 0.4) is 0 Å². The summed E-state index contributed by atoms with van der Waals surface area (Å²) in [6, 6.07) is 5.21. The molecule has 2 N–H and O–H groups in total. The van der Waals surface area contributed by atoms with Crippen LogP contribution in [0.1, 0.15) is 21.8 Å². The van der Waals surface area contributed by atoms with Gasteiger partial charge in [-0.05, 0) is 25.1 Å². The highest BCUT2D eigenvalue weighted by Crippen LogP contribution is 2.19. The zero-order valence-electron chi connectivity index (χ0n) is 15.1. The van der Waals surface area contributed by atoms with Crippen molar-refractivity contribution in [3.8, 4) is 0 Å². The summed E-state index contributed by atoms with van der Waals surface area (Å²) in [5.41, 5.74) is 1.65. The zero-order chi connectivity index (χ0) is 19.4. The lowest BCUT2D eigenvalue weighted by molar-refractivity contribution is -0.115. The highest BCUT2D eigenvalue weighted by atomic mass is 32.1. The summed E-state index contributed by atoms with van der Waals surface area (Å²) in [5, 5.41) is 7.66. The molecule has 3 aromatic heterocycles. The predicted octanol–water partition coefficient (Wildman–Crippen LogP) is 2.94. The molecule has 0 radical (unpaired) electrons. The van der Waals surface area contributed by atoms with Crippen molar-refractivity contribution in [2.24, 2.45) is 0 Å². The molecule has 0 saturated heterocycles. The molecule has 0 bridgehead atoms. The number of thiazole rings is 1. The number of aryl methyl sites for hydroxylation is 1. The van der Waals surface area contributed by atoms with Crippen LogP contribution in [0.2, 0.25) is 0 Å². The van der Waals surface area contributed by atoms with Gasteiger partial charge in [0, 0.05) is 19.5 Å². The Morgan fingerprint density at radius 3 is 2.67 bits per heavy atom. The van der Waals surface area contributed by atoms with E-state index in [-0.39, 0.29) is 18.2 Å². The minimum Gasteiger partial charge on any atom is -0.469 e. The monoisotopic (exact) mass is 385 g/mol. The molecule has 2 amide bonds. The molecule has 3 rings (SSSR count). The second kappa shape index (κ2) is 8.00. The van der Waals surface area contributed by atoms with Gasteiger partial charge in [0.15, 0.2) is 5.13 Å². The predicted molar refractivity (Wildman–Crippen MR) is 104 cm³/mol. The molecule has 0 unspecified atom stereocenters. The molecule has 140 valence electrons. The molecule has 0 spiro atoms. The molecular weight excluding hydrogens is 366 g/mol. The molecule has 0 fully saturated rings. The minimum atomic E-state index is -0.293. The van der Waals surface area contributed by atoms with Crippen molar-refractivity contribution in [3.05, 3.63) is 53.1 Å². The van der Waals surface area contributed by atoms with E-state index in [0.29, 0.717) is 27.8 Å². The number of aromatic nitrogens is 2. The molecule has 9 heteroatoms. The summed E-state index contributed by atoms with van der Waals surface area (Å²) in [6.45, 7) is 1.71. The first-order valence-electron chi connectivity index (χ1n) is 8.15. The van der Waals surface area contributed by atoms with Crippen molar-refractivity contribution in [3.63, 3.8) is 0 Å². The number of carbonyl (C=O) groups excluding carboxylic acids is 2. The number of amides is 2. The van der Waals surface area contributed by atoms with Crippen molar-refractivity contribution in [1.82, 2.24) is 9.97 Å². The van der Waals surface area contributed by atoms with Gasteiger partial charge >= 0.3 is 0 Å². The van der Waals surface area contributed by atoms with Crippen LogP contribution in [0.15, 0.2) is 40.5 Å². The Morgan fingerprint density at radius 1 is 1.22 bits per heavy atom. The quantitative estimate of drug-likeness (QED) is 0.677. The van der Waals surface area contributed by atoms with E-state index < -0.39 is 0 Å². The Morgan fingerprint density at radius 2 is 2.04 bits per heavy atom. The highest BCUT2D eigenvalue weighted by molar-refractivity contribution is 7.14. The van der Waals surface area contributed by atoms with E-state index in [0.717, 1.165) is 5.82 Å². The summed E-state index contributed by atoms with van der Waals surface area (Å²) >= 11 is 1.26. The second-order valence-corrected chi connectivity index (χ2v) is 6.87. The average Bonchev–Trinajstić information content (AvgIpc) is 3.24. The van der Waals surface area contributed by atoms with Crippen molar-refractivity contribution >= 4 is 39.8 Å². The largest absolute Gasteiger partial charge is 0.469 e. The summed E-state index contributed by atoms with van der Waals surface area (Å²) < 4.78 is 5.12. The van der Waals surface area contributed by atoms with Gasteiger partial charge in [-0.1, -0.05) is 0 Å². The van der Waals surface area contributed by atoms with Crippen molar-refractivity contribution in [1.29, 1.82) is 0 Å². The maximum absolute atomic E-state index is 12.2. The van der Waals surface area contributed by atoms with Crippen LogP contribution >= 0.6 is 11.3 Å². The Balaban J connectivity index is 1.56. The number of pyridine rings is 1. The number of rotatable bonds is 6. The molecule has 27 heavy (non-hydrogen) atoms. The Bertz CT molecular complexity index is 946. The van der Waals surface area contributed by atoms with Crippen molar-refractivity contribution < 1.29 is 14.0 Å². The molecule has 0 aromatic carbocycles. The number of hydrogen-bond acceptors (Lipinski definition) is 7. The Hall–Kier alpha value is -3.20. The van der Waals surface area contributed by atoms with Crippen LogP contribution < -0.4 is 15.5 Å². The van der Waals surface area contributed by atoms with E-state index in [9.17, 15) is 9.59 Å². The molecule has 0 aliphatic carbocycles. The van der Waals surface area contributed by atoms with Gasteiger partial charge in [-0.3, -0.25) is 14.9 Å². The third-order valence-electron chi connectivity index (χ3n) is 3.71. The fraction of sp³-hybridized carbons (Fsp3) is 0.222. The van der Waals surface area contributed by atoms with Gasteiger partial charge < -0.3 is 14.6 Å². The standard InChI is InChI=1S/C18H19N5O3S/c1-11-14(6-7-26-11)17(25)22-18-21-13(10-27-18)8-16(24)20-12-4-5-15(19-9-12)23(2)3/h4-7,9-10H,8H2,1-3H3,(H,20,24)(H,21,22,25). The summed E-state index contributed by atoms with van der Waals surface area (Å²) in [4.78, 5) is 34.7. The molecule has 0 aliphatic heterocycles. The van der Waals surface area contributed by atoms with Gasteiger partial charge in [0.2, 0.25) is 5.91 Å². The van der Waals surface area contributed by atoms with Crippen LogP contribution in [0.25, 0.3) is 0 Å². The van der Waals surface area contributed by atoms with Crippen LogP contribution in [0.4, 0.5) is 16.6 Å². The summed E-state index contributed by atoms with van der Waals surface area (Å²) in [6.07, 6.45) is 3.17. The third-order valence-corrected chi connectivity index (χ3v) is 4.51. The maximum atomic E-state index is 12.2. The number of hydrogen-bond donors (Lipinski definition) is 2. The van der Waals surface area contributed by atoms with Crippen LogP contribution in [0, 0.1) is 6.92 Å². The average molecular weight is 385 g/mol. The first kappa shape index (κ1) is 18.6. The second-order valence-electron chi connectivity index (χ2n) is 6.01. The summed E-state index contributed by atoms with van der Waals surface area (Å²) in [7, 11) is 3.79. The van der Waals surface area contributed by atoms with E-state index in [1.165, 1.54) is 17.6 Å². The first-order valence-corrected chi connectivity index (χ1v) is 9.03. The van der Waals surface area contributed by atoms with Crippen LogP contribution in [-0.4, -0.2) is 35.9 Å². The maximum Gasteiger partial charge on any atom is 0.260 e. The SMILES string of the molecule is Cc1occc1C(=O)Nc1nc(CC(=O)Nc2ccc(N(C)C)nc2)cs1. The van der Waals surface area contributed by atoms with E-state index in [4.69, 9.17) is 4.42 Å². The molecule has 0 atom stereocenters. The Labute approximate surface area is 160 Å². The molecule has 3 aromatic rings. The lowest BCUT2D eigenvalue weighted by Gasteiger charge is -2.11. The van der Waals surface area contributed by atoms with Crippen molar-refractivity contribution in [2.45, 2.75) is 13.3 Å². The van der Waals surface area contributed by atoms with E-state index in [1.807, 2.05) is 25.1 Å². The van der Waals surface area contributed by atoms with Crippen molar-refractivity contribution in [2.75, 3.05) is 29.6 Å². The van der Waals surface area contributed by atoms with Gasteiger partial charge in [-0.15, -0.1) is 11.3 Å². The minimum absolute atomic E-state index is 0.104. The van der Waals surface area contributed by atoms with E-state index in [1.54, 1.807) is 30.6 Å². The van der Waals surface area contributed by atoms with Crippen LogP contribution in [-0.2, 0) is 11.2 Å². The number of carbonyl (C=O) groups is 2. The normalized spacial score (nSPS) is 10.5. The fourth-order valence-electron chi connectivity index (χ4n) is 2.32. The molecule has 3 heterocycles. The lowest BCUT2D eigenvalue weighted by atomic mass is 10.2. The zero-order valence-corrected chi connectivity index (χ0v) is 16.0. The Kier molecular flexibility index (Phi) is 5.51. The molecule has 8 nitrogen and oxygen atoms in total. The smallest absolute Gasteiger partial charge is 0.260 e. The van der Waals surface area contributed by atoms with E-state index >= 15 is 0 Å². The lowest BCUT2D eigenvalue weighted by Crippen LogP contribution is -2.16. The number of furan rings is 1. The summed E-state index contributed by atoms with van der Waals surface area (Å²) in [5.74, 6) is 0.847. The van der Waals surface area contributed by atoms with Gasteiger partial charge in [0.25, 0.3) is 5.91 Å². The third kappa shape index (κ3) is 4.70. The van der Waals surface area contributed by atoms with Crippen LogP contribution in [0.5, 0.6) is 0 Å². The number of nitrogens with zero attached hydrogens (tertiary/aromatic N) is 3. The van der Waals surface area contributed by atoms with Gasteiger partial charge in [0.05, 0.1) is 35.8 Å². The fourth-order valence-corrected chi connectivity index (χ4v) is 3.03. The molecular formula is C18H19N5O3S. The molecule has 0 aliphatic rings. The van der Waals surface area contributed by atoms with Gasteiger partial charge in [-0.25, -0.2) is 9.97 Å². The van der Waals surface area contributed by atoms with E-state index in [2.05, 4.69) is 20.6 Å². The number of anilines is 3. The van der Waals surface area contributed by atoms with Gasteiger partial charge in [0.1, 0.15) is 11.6 Å². The highest BCUT2D eigenvalue weighted by Gasteiger charge is 2.14. The topological polar surface area (TPSA) is 100 Å². The first-order chi connectivity index (χ1) is 12.9. The molecule has 0 saturated carbocycles. The number of nitrogens with one attached hydrogen (secondary N) is 2. The van der Waals surface area contributed by atoms with Gasteiger partial charge in [-0.2, -0.15) is 0 Å².